The van der Waals surface area contributed by atoms with E-state index in [4.69, 9.17) is 0 Å². The molecule has 0 aromatic heterocycles. The van der Waals surface area contributed by atoms with Crippen molar-refractivity contribution in [3.8, 4) is 0 Å². The van der Waals surface area contributed by atoms with Crippen molar-refractivity contribution < 1.29 is 9.72 Å². The van der Waals surface area contributed by atoms with Gasteiger partial charge in [0.25, 0.3) is 5.69 Å². The van der Waals surface area contributed by atoms with Gasteiger partial charge in [0.2, 0.25) is 0 Å². The van der Waals surface area contributed by atoms with Crippen molar-refractivity contribution in [1.29, 1.82) is 0 Å². The molecule has 1 aliphatic rings. The normalized spacial score (nSPS) is 13.2. The van der Waals surface area contributed by atoms with Gasteiger partial charge in [-0.15, -0.1) is 0 Å². The number of amides is 2. The van der Waals surface area contributed by atoms with Crippen LogP contribution in [-0.2, 0) is 25.8 Å². The number of aryl methyl sites for hydroxylation is 2. The lowest BCUT2D eigenvalue weighted by atomic mass is 9.97. The maximum Gasteiger partial charge on any atom is 0.322 e. The number of anilines is 1. The Balaban J connectivity index is 1.76. The van der Waals surface area contributed by atoms with Crippen LogP contribution in [-0.4, -0.2) is 22.4 Å². The first-order chi connectivity index (χ1) is 12.5. The highest BCUT2D eigenvalue weighted by Gasteiger charge is 2.22. The Bertz CT molecular complexity index is 848. The average molecular weight is 353 g/mol. The lowest BCUT2D eigenvalue weighted by Crippen LogP contribution is -2.39. The van der Waals surface area contributed by atoms with Gasteiger partial charge >= 0.3 is 6.03 Å². The summed E-state index contributed by atoms with van der Waals surface area (Å²) in [6.45, 7) is 5.29. The lowest BCUT2D eigenvalue weighted by Gasteiger charge is -2.29. The molecule has 0 saturated heterocycles. The Morgan fingerprint density at radius 2 is 1.96 bits per heavy atom. The van der Waals surface area contributed by atoms with E-state index >= 15 is 0 Å². The van der Waals surface area contributed by atoms with E-state index in [0.29, 0.717) is 25.2 Å². The molecule has 6 nitrogen and oxygen atoms in total. The fourth-order valence-corrected chi connectivity index (χ4v) is 3.30. The Morgan fingerprint density at radius 1 is 1.15 bits per heavy atom. The van der Waals surface area contributed by atoms with Crippen LogP contribution in [0.5, 0.6) is 0 Å². The van der Waals surface area contributed by atoms with Gasteiger partial charge in [-0.25, -0.2) is 4.79 Å². The number of urea groups is 1. The zero-order valence-electron chi connectivity index (χ0n) is 15.1. The van der Waals surface area contributed by atoms with Crippen LogP contribution in [0.3, 0.4) is 0 Å². The third-order valence-electron chi connectivity index (χ3n) is 4.91. The van der Waals surface area contributed by atoms with E-state index in [0.717, 1.165) is 18.4 Å². The highest BCUT2D eigenvalue weighted by Crippen LogP contribution is 2.25. The molecule has 26 heavy (non-hydrogen) atoms. The number of carbonyl (C=O) groups excluding carboxylic acids is 1. The van der Waals surface area contributed by atoms with Crippen LogP contribution in [0.25, 0.3) is 0 Å². The average Bonchev–Trinajstić information content (AvgIpc) is 2.66. The smallest absolute Gasteiger partial charge is 0.320 e. The largest absolute Gasteiger partial charge is 0.322 e. The zero-order chi connectivity index (χ0) is 18.7. The summed E-state index contributed by atoms with van der Waals surface area (Å²) in [5, 5.41) is 13.9. The Kier molecular flexibility index (Phi) is 5.21. The Labute approximate surface area is 153 Å². The summed E-state index contributed by atoms with van der Waals surface area (Å²) in [4.78, 5) is 25.0. The fourth-order valence-electron chi connectivity index (χ4n) is 3.30. The van der Waals surface area contributed by atoms with Gasteiger partial charge in [-0.1, -0.05) is 38.1 Å². The number of nitrogens with one attached hydrogen (secondary N) is 1. The van der Waals surface area contributed by atoms with Gasteiger partial charge in [0, 0.05) is 25.2 Å². The number of fused-ring (bicyclic) bond motifs is 1. The maximum atomic E-state index is 12.7. The quantitative estimate of drug-likeness (QED) is 0.657. The molecule has 1 aliphatic heterocycles. The molecular formula is C20H23N3O3. The van der Waals surface area contributed by atoms with E-state index in [1.807, 2.05) is 6.92 Å². The minimum absolute atomic E-state index is 0.0198. The minimum Gasteiger partial charge on any atom is -0.320 e. The molecule has 0 aliphatic carbocycles. The van der Waals surface area contributed by atoms with Gasteiger partial charge in [-0.2, -0.15) is 0 Å². The van der Waals surface area contributed by atoms with E-state index in [9.17, 15) is 14.9 Å². The molecule has 0 spiro atoms. The van der Waals surface area contributed by atoms with Crippen molar-refractivity contribution in [2.45, 2.75) is 39.7 Å². The van der Waals surface area contributed by atoms with Crippen LogP contribution in [0.2, 0.25) is 0 Å². The number of nitro benzene ring substituents is 1. The van der Waals surface area contributed by atoms with Crippen LogP contribution in [0.4, 0.5) is 16.2 Å². The molecule has 0 fully saturated rings. The Morgan fingerprint density at radius 3 is 2.65 bits per heavy atom. The number of hydrogen-bond donors (Lipinski definition) is 1. The van der Waals surface area contributed by atoms with Crippen molar-refractivity contribution in [3.05, 3.63) is 68.8 Å². The first-order valence-corrected chi connectivity index (χ1v) is 8.95. The van der Waals surface area contributed by atoms with Crippen molar-refractivity contribution in [2.24, 2.45) is 0 Å². The van der Waals surface area contributed by atoms with Crippen LogP contribution in [0.1, 0.15) is 36.1 Å². The predicted octanol–water partition coefficient (Wildman–Crippen LogP) is 4.31. The van der Waals surface area contributed by atoms with Crippen LogP contribution in [0, 0.1) is 10.1 Å². The van der Waals surface area contributed by atoms with Gasteiger partial charge in [-0.3, -0.25) is 10.1 Å². The minimum atomic E-state index is -0.447. The van der Waals surface area contributed by atoms with Crippen molar-refractivity contribution in [1.82, 2.24) is 4.90 Å². The molecule has 2 amide bonds. The molecule has 2 aromatic carbocycles. The topological polar surface area (TPSA) is 75.5 Å². The zero-order valence-corrected chi connectivity index (χ0v) is 15.1. The molecule has 1 heterocycles. The molecule has 3 rings (SSSR count). The van der Waals surface area contributed by atoms with Gasteiger partial charge in [0.1, 0.15) is 0 Å². The molecule has 0 radical (unpaired) electrons. The van der Waals surface area contributed by atoms with Gasteiger partial charge in [0.05, 0.1) is 10.6 Å². The molecule has 136 valence electrons. The van der Waals surface area contributed by atoms with Crippen molar-refractivity contribution in [3.63, 3.8) is 0 Å². The molecular weight excluding hydrogens is 330 g/mol. The van der Waals surface area contributed by atoms with Crippen LogP contribution in [0.15, 0.2) is 36.4 Å². The summed E-state index contributed by atoms with van der Waals surface area (Å²) in [5.41, 5.74) is 5.16. The lowest BCUT2D eigenvalue weighted by molar-refractivity contribution is -0.384. The molecule has 0 atom stereocenters. The number of carbonyl (C=O) groups is 1. The number of non-ortho nitro benzene ring substituents is 1. The SMILES string of the molecule is CCc1ccc2c(c1)CCN(C(=O)Nc1cc([N+](=O)[O-])ccc1CC)C2. The van der Waals surface area contributed by atoms with E-state index in [1.54, 1.807) is 11.0 Å². The van der Waals surface area contributed by atoms with E-state index in [1.165, 1.54) is 28.8 Å². The molecule has 2 aromatic rings. The summed E-state index contributed by atoms with van der Waals surface area (Å²) in [6.07, 6.45) is 2.52. The first-order valence-electron chi connectivity index (χ1n) is 8.95. The monoisotopic (exact) mass is 353 g/mol. The third-order valence-corrected chi connectivity index (χ3v) is 4.91. The molecule has 0 unspecified atom stereocenters. The van der Waals surface area contributed by atoms with E-state index in [-0.39, 0.29) is 11.7 Å². The standard InChI is InChI=1S/C20H23N3O3/c1-3-14-5-6-17-13-22(10-9-16(17)11-14)20(24)21-19-12-18(23(25)26)8-7-15(19)4-2/h5-8,11-12H,3-4,9-10,13H2,1-2H3,(H,21,24). The number of hydrogen-bond acceptors (Lipinski definition) is 3. The summed E-state index contributed by atoms with van der Waals surface area (Å²) >= 11 is 0. The summed E-state index contributed by atoms with van der Waals surface area (Å²) in [7, 11) is 0. The van der Waals surface area contributed by atoms with Crippen LogP contribution < -0.4 is 5.32 Å². The number of rotatable bonds is 4. The molecule has 1 N–H and O–H groups in total. The van der Waals surface area contributed by atoms with Crippen LogP contribution >= 0.6 is 0 Å². The predicted molar refractivity (Wildman–Crippen MR) is 101 cm³/mol. The first kappa shape index (κ1) is 17.9. The second-order valence-electron chi connectivity index (χ2n) is 6.51. The molecule has 0 saturated carbocycles. The second kappa shape index (κ2) is 7.56. The van der Waals surface area contributed by atoms with Gasteiger partial charge < -0.3 is 10.2 Å². The van der Waals surface area contributed by atoms with Crippen molar-refractivity contribution in [2.75, 3.05) is 11.9 Å². The fraction of sp³-hybridized carbons (Fsp3) is 0.350. The molecule has 0 bridgehead atoms. The van der Waals surface area contributed by atoms with Gasteiger partial charge in [-0.05, 0) is 41.5 Å². The highest BCUT2D eigenvalue weighted by atomic mass is 16.6. The second-order valence-corrected chi connectivity index (χ2v) is 6.51. The number of nitro groups is 1. The summed E-state index contributed by atoms with van der Waals surface area (Å²) < 4.78 is 0. The van der Waals surface area contributed by atoms with Gasteiger partial charge in [0.15, 0.2) is 0 Å². The number of nitrogens with zero attached hydrogens (tertiary/aromatic N) is 2. The maximum absolute atomic E-state index is 12.7. The molecule has 6 heteroatoms. The third kappa shape index (κ3) is 3.69. The van der Waals surface area contributed by atoms with Crippen molar-refractivity contribution >= 4 is 17.4 Å². The van der Waals surface area contributed by atoms with E-state index in [2.05, 4.69) is 30.4 Å². The highest BCUT2D eigenvalue weighted by molar-refractivity contribution is 5.90. The number of benzene rings is 2. The summed E-state index contributed by atoms with van der Waals surface area (Å²) in [5.74, 6) is 0. The Hall–Kier alpha value is -2.89. The van der Waals surface area contributed by atoms with E-state index < -0.39 is 4.92 Å². The summed E-state index contributed by atoms with van der Waals surface area (Å²) in [6, 6.07) is 10.8.